The Morgan fingerprint density at radius 3 is 2.25 bits per heavy atom. The summed E-state index contributed by atoms with van der Waals surface area (Å²) in [5.74, 6) is -12.1. The molecule has 0 aliphatic heterocycles. The van der Waals surface area contributed by atoms with Gasteiger partial charge in [-0.15, -0.1) is 0 Å². The molecule has 4 nitrogen and oxygen atoms in total. The fourth-order valence-electron chi connectivity index (χ4n) is 1.89. The van der Waals surface area contributed by atoms with Gasteiger partial charge >= 0.3 is 18.0 Å². The van der Waals surface area contributed by atoms with Gasteiger partial charge in [0, 0.05) is 0 Å². The number of hydrogen-bond donors (Lipinski definition) is 1. The van der Waals surface area contributed by atoms with Crippen molar-refractivity contribution >= 4 is 16.7 Å². The second-order valence-corrected chi connectivity index (χ2v) is 4.87. The number of nitrogen functional groups attached to an aromatic ring is 1. The fourth-order valence-corrected chi connectivity index (χ4v) is 1.89. The van der Waals surface area contributed by atoms with Crippen molar-refractivity contribution in [1.29, 1.82) is 0 Å². The highest BCUT2D eigenvalue weighted by atomic mass is 19.4. The number of aryl methyl sites for hydroxylation is 1. The number of aromatic nitrogens is 2. The highest BCUT2D eigenvalue weighted by Gasteiger charge is 2.73. The molecule has 132 valence electrons. The topological polar surface area (TPSA) is 61.0 Å². The Morgan fingerprint density at radius 2 is 1.67 bits per heavy atom. The van der Waals surface area contributed by atoms with Crippen LogP contribution in [0.15, 0.2) is 18.2 Å². The van der Waals surface area contributed by atoms with Crippen LogP contribution in [0, 0.1) is 6.92 Å². The molecule has 0 aliphatic carbocycles. The molecule has 2 aromatic rings. The molecule has 0 saturated heterocycles. The molecule has 11 heteroatoms. The van der Waals surface area contributed by atoms with Gasteiger partial charge in [0.15, 0.2) is 6.61 Å². The van der Waals surface area contributed by atoms with Gasteiger partial charge in [-0.25, -0.2) is 9.97 Å². The van der Waals surface area contributed by atoms with Crippen LogP contribution in [-0.2, 0) is 0 Å². The van der Waals surface area contributed by atoms with E-state index in [1.165, 1.54) is 19.1 Å². The summed E-state index contributed by atoms with van der Waals surface area (Å²) in [6, 6.07) is 3.80. The van der Waals surface area contributed by atoms with Crippen molar-refractivity contribution in [2.24, 2.45) is 0 Å². The van der Waals surface area contributed by atoms with Gasteiger partial charge in [0.1, 0.15) is 17.4 Å². The van der Waals surface area contributed by atoms with Gasteiger partial charge in [0.25, 0.3) is 0 Å². The van der Waals surface area contributed by atoms with Crippen LogP contribution in [0.1, 0.15) is 5.82 Å². The first kappa shape index (κ1) is 18.0. The molecule has 0 radical (unpaired) electrons. The van der Waals surface area contributed by atoms with Gasteiger partial charge in [-0.2, -0.15) is 30.7 Å². The molecule has 1 heterocycles. The molecule has 0 bridgehead atoms. The van der Waals surface area contributed by atoms with E-state index in [0.717, 1.165) is 6.07 Å². The van der Waals surface area contributed by atoms with E-state index in [1.807, 2.05) is 0 Å². The molecule has 2 N–H and O–H groups in total. The maximum Gasteiger partial charge on any atom is 0.460 e. The molecular weight excluding hydrogens is 347 g/mol. The summed E-state index contributed by atoms with van der Waals surface area (Å²) in [4.78, 5) is 7.71. The van der Waals surface area contributed by atoms with Crippen molar-refractivity contribution in [3.8, 4) is 5.75 Å². The Morgan fingerprint density at radius 1 is 1.04 bits per heavy atom. The minimum absolute atomic E-state index is 0.0609. The Bertz CT molecular complexity index is 761. The third-order valence-corrected chi connectivity index (χ3v) is 3.05. The Balaban J connectivity index is 2.35. The number of fused-ring (bicyclic) bond motifs is 1. The molecule has 1 aromatic heterocycles. The van der Waals surface area contributed by atoms with Crippen LogP contribution in [-0.4, -0.2) is 34.6 Å². The van der Waals surface area contributed by atoms with E-state index in [9.17, 15) is 30.7 Å². The third-order valence-electron chi connectivity index (χ3n) is 3.05. The number of anilines is 1. The SMILES string of the molecule is Cc1nc(N)c2c(OCC(F)(F)C(F)(F)C(F)(F)F)cccc2n1. The van der Waals surface area contributed by atoms with E-state index in [2.05, 4.69) is 14.7 Å². The largest absolute Gasteiger partial charge is 0.486 e. The lowest BCUT2D eigenvalue weighted by atomic mass is 10.1. The average molecular weight is 357 g/mol. The lowest BCUT2D eigenvalue weighted by Gasteiger charge is -2.28. The van der Waals surface area contributed by atoms with Crippen molar-refractivity contribution in [2.45, 2.75) is 24.9 Å². The molecule has 0 saturated carbocycles. The van der Waals surface area contributed by atoms with Crippen LogP contribution in [0.25, 0.3) is 10.9 Å². The summed E-state index contributed by atoms with van der Waals surface area (Å²) in [5, 5.41) is -0.0609. The van der Waals surface area contributed by atoms with E-state index in [4.69, 9.17) is 5.73 Å². The molecule has 1 aromatic carbocycles. The van der Waals surface area contributed by atoms with Crippen LogP contribution in [0.5, 0.6) is 5.75 Å². The minimum atomic E-state index is -6.42. The molecule has 0 unspecified atom stereocenters. The van der Waals surface area contributed by atoms with Crippen molar-refractivity contribution < 1.29 is 35.5 Å². The van der Waals surface area contributed by atoms with Gasteiger partial charge in [0.2, 0.25) is 0 Å². The summed E-state index contributed by atoms with van der Waals surface area (Å²) >= 11 is 0. The highest BCUT2D eigenvalue weighted by molar-refractivity contribution is 5.93. The summed E-state index contributed by atoms with van der Waals surface area (Å²) in [7, 11) is 0. The Kier molecular flexibility index (Phi) is 4.23. The van der Waals surface area contributed by atoms with E-state index >= 15 is 0 Å². The first-order valence-electron chi connectivity index (χ1n) is 6.35. The number of halogens is 7. The molecule has 0 amide bonds. The number of alkyl halides is 7. The summed E-state index contributed by atoms with van der Waals surface area (Å²) in [6.07, 6.45) is -6.42. The van der Waals surface area contributed by atoms with Crippen LogP contribution < -0.4 is 10.5 Å². The maximum absolute atomic E-state index is 13.3. The number of nitrogens with zero attached hydrogens (tertiary/aromatic N) is 2. The molecule has 0 aliphatic rings. The highest BCUT2D eigenvalue weighted by Crippen LogP contribution is 2.46. The monoisotopic (exact) mass is 357 g/mol. The van der Waals surface area contributed by atoms with Gasteiger partial charge in [0.05, 0.1) is 10.9 Å². The second-order valence-electron chi connectivity index (χ2n) is 4.87. The van der Waals surface area contributed by atoms with Crippen molar-refractivity contribution in [3.05, 3.63) is 24.0 Å². The summed E-state index contributed by atoms with van der Waals surface area (Å²) in [5.41, 5.74) is 5.78. The van der Waals surface area contributed by atoms with Gasteiger partial charge in [-0.05, 0) is 19.1 Å². The van der Waals surface area contributed by atoms with Gasteiger partial charge < -0.3 is 10.5 Å². The third kappa shape index (κ3) is 3.02. The van der Waals surface area contributed by atoms with Crippen molar-refractivity contribution in [3.63, 3.8) is 0 Å². The lowest BCUT2D eigenvalue weighted by molar-refractivity contribution is -0.358. The van der Waals surface area contributed by atoms with E-state index < -0.39 is 30.4 Å². The molecule has 0 spiro atoms. The normalized spacial score (nSPS) is 13.3. The Hall–Kier alpha value is -2.33. The van der Waals surface area contributed by atoms with Gasteiger partial charge in [-0.3, -0.25) is 0 Å². The molecule has 0 fully saturated rings. The first-order valence-corrected chi connectivity index (χ1v) is 6.35. The molecule has 24 heavy (non-hydrogen) atoms. The zero-order valence-electron chi connectivity index (χ0n) is 12.0. The van der Waals surface area contributed by atoms with E-state index in [1.54, 1.807) is 0 Å². The standard InChI is InChI=1S/C13H10F7N3O/c1-6-22-7-3-2-4-8(9(7)10(21)23-6)24-5-11(14,15)12(16,17)13(18,19)20/h2-4H,5H2,1H3,(H2,21,22,23). The molecule has 0 atom stereocenters. The smallest absolute Gasteiger partial charge is 0.460 e. The molecule has 2 rings (SSSR count). The number of ether oxygens (including phenoxy) is 1. The van der Waals surface area contributed by atoms with Crippen LogP contribution >= 0.6 is 0 Å². The number of benzene rings is 1. The fraction of sp³-hybridized carbons (Fsp3) is 0.385. The summed E-state index contributed by atoms with van der Waals surface area (Å²) < 4.78 is 93.1. The van der Waals surface area contributed by atoms with Crippen LogP contribution in [0.3, 0.4) is 0 Å². The number of rotatable bonds is 4. The lowest BCUT2D eigenvalue weighted by Crippen LogP contribution is -2.54. The Labute approximate surface area is 130 Å². The quantitative estimate of drug-likeness (QED) is 0.847. The van der Waals surface area contributed by atoms with Crippen molar-refractivity contribution in [1.82, 2.24) is 9.97 Å². The second kappa shape index (κ2) is 5.64. The predicted octanol–water partition coefficient (Wildman–Crippen LogP) is 3.73. The predicted molar refractivity (Wildman–Crippen MR) is 70.1 cm³/mol. The number of nitrogens with two attached hydrogens (primary N) is 1. The minimum Gasteiger partial charge on any atom is -0.486 e. The number of hydrogen-bond acceptors (Lipinski definition) is 4. The zero-order chi connectivity index (χ0) is 18.3. The zero-order valence-corrected chi connectivity index (χ0v) is 12.0. The molecular formula is C13H10F7N3O. The van der Waals surface area contributed by atoms with Crippen LogP contribution in [0.2, 0.25) is 0 Å². The van der Waals surface area contributed by atoms with Crippen LogP contribution in [0.4, 0.5) is 36.6 Å². The van der Waals surface area contributed by atoms with E-state index in [0.29, 0.717) is 0 Å². The van der Waals surface area contributed by atoms with E-state index in [-0.39, 0.29) is 22.5 Å². The average Bonchev–Trinajstić information content (AvgIpc) is 2.43. The summed E-state index contributed by atoms with van der Waals surface area (Å²) in [6.45, 7) is -0.701. The van der Waals surface area contributed by atoms with Gasteiger partial charge in [-0.1, -0.05) is 6.07 Å². The maximum atomic E-state index is 13.3. The first-order chi connectivity index (χ1) is 10.9. The van der Waals surface area contributed by atoms with Crippen molar-refractivity contribution in [2.75, 3.05) is 12.3 Å².